The fourth-order valence-corrected chi connectivity index (χ4v) is 3.65. The molecule has 1 saturated carbocycles. The van der Waals surface area contributed by atoms with Crippen LogP contribution in [-0.4, -0.2) is 12.3 Å². The summed E-state index contributed by atoms with van der Waals surface area (Å²) in [6.45, 7) is 0.830. The molecule has 1 nitrogen and oxygen atoms in total. The molecule has 0 aliphatic heterocycles. The van der Waals surface area contributed by atoms with E-state index in [0.717, 1.165) is 6.54 Å². The maximum Gasteiger partial charge on any atom is 0.0311 e. The fourth-order valence-electron chi connectivity index (χ4n) is 1.74. The molecule has 0 aromatic heterocycles. The lowest BCUT2D eigenvalue weighted by Gasteiger charge is -2.13. The van der Waals surface area contributed by atoms with Crippen molar-refractivity contribution in [3.05, 3.63) is 28.7 Å². The van der Waals surface area contributed by atoms with E-state index in [1.165, 1.54) is 34.4 Å². The summed E-state index contributed by atoms with van der Waals surface area (Å²) in [5.74, 6) is 1.22. The molecule has 1 aromatic carbocycles. The number of hydrogen-bond donors (Lipinski definition) is 1. The van der Waals surface area contributed by atoms with Gasteiger partial charge in [-0.15, -0.1) is 11.8 Å². The highest BCUT2D eigenvalue weighted by atomic mass is 79.9. The first kappa shape index (κ1) is 11.5. The van der Waals surface area contributed by atoms with E-state index in [1.54, 1.807) is 0 Å². The highest BCUT2D eigenvalue weighted by Gasteiger charge is 2.41. The quantitative estimate of drug-likeness (QED) is 0.836. The van der Waals surface area contributed by atoms with Crippen molar-refractivity contribution in [2.45, 2.75) is 24.2 Å². The van der Waals surface area contributed by atoms with Crippen LogP contribution < -0.4 is 5.73 Å². The average Bonchev–Trinajstić information content (AvgIpc) is 2.98. The van der Waals surface area contributed by atoms with E-state index in [9.17, 15) is 0 Å². The van der Waals surface area contributed by atoms with Gasteiger partial charge in [0.05, 0.1) is 0 Å². The van der Waals surface area contributed by atoms with Crippen molar-refractivity contribution < 1.29 is 0 Å². The van der Waals surface area contributed by atoms with E-state index in [0.29, 0.717) is 5.41 Å². The van der Waals surface area contributed by atoms with E-state index in [4.69, 9.17) is 5.73 Å². The summed E-state index contributed by atoms with van der Waals surface area (Å²) in [5.41, 5.74) is 6.20. The third kappa shape index (κ3) is 2.99. The Kier molecular flexibility index (Phi) is 3.75. The summed E-state index contributed by atoms with van der Waals surface area (Å²) in [7, 11) is 0. The molecule has 1 fully saturated rings. The van der Waals surface area contributed by atoms with Gasteiger partial charge in [0.2, 0.25) is 0 Å². The molecule has 1 aromatic rings. The minimum absolute atomic E-state index is 0.564. The van der Waals surface area contributed by atoms with Gasteiger partial charge >= 0.3 is 0 Å². The van der Waals surface area contributed by atoms with Gasteiger partial charge in [-0.3, -0.25) is 0 Å². The van der Waals surface area contributed by atoms with Gasteiger partial charge in [-0.25, -0.2) is 0 Å². The summed E-state index contributed by atoms with van der Waals surface area (Å²) in [6.07, 6.45) is 3.91. The van der Waals surface area contributed by atoms with Crippen LogP contribution in [0.2, 0.25) is 0 Å². The van der Waals surface area contributed by atoms with E-state index < -0.39 is 0 Å². The second kappa shape index (κ2) is 4.89. The maximum atomic E-state index is 5.63. The third-order valence-corrected chi connectivity index (χ3v) is 5.38. The summed E-state index contributed by atoms with van der Waals surface area (Å²) >= 11 is 5.53. The smallest absolute Gasteiger partial charge is 0.0311 e. The number of benzene rings is 1. The van der Waals surface area contributed by atoms with Gasteiger partial charge in [0.1, 0.15) is 0 Å². The molecule has 2 rings (SSSR count). The molecule has 3 heteroatoms. The van der Waals surface area contributed by atoms with E-state index in [1.807, 2.05) is 11.8 Å². The van der Waals surface area contributed by atoms with Crippen LogP contribution in [0.1, 0.15) is 19.3 Å². The van der Waals surface area contributed by atoms with Crippen LogP contribution in [0.25, 0.3) is 0 Å². The molecule has 1 aliphatic rings. The molecular weight excluding hydrogens is 270 g/mol. The van der Waals surface area contributed by atoms with E-state index in [-0.39, 0.29) is 0 Å². The molecule has 0 bridgehead atoms. The van der Waals surface area contributed by atoms with Gasteiger partial charge in [-0.2, -0.15) is 0 Å². The third-order valence-electron chi connectivity index (χ3n) is 3.00. The van der Waals surface area contributed by atoms with Crippen molar-refractivity contribution in [3.8, 4) is 0 Å². The first-order valence-corrected chi connectivity index (χ1v) is 7.11. The first-order chi connectivity index (χ1) is 7.26. The predicted octanol–water partition coefficient (Wildman–Crippen LogP) is 3.67. The molecular formula is C12H16BrNS. The zero-order valence-corrected chi connectivity index (χ0v) is 11.1. The van der Waals surface area contributed by atoms with Crippen molar-refractivity contribution in [2.75, 3.05) is 12.3 Å². The van der Waals surface area contributed by atoms with E-state index >= 15 is 0 Å². The lowest BCUT2D eigenvalue weighted by molar-refractivity contribution is 0.537. The Hall–Kier alpha value is 0.01000. The summed E-state index contributed by atoms with van der Waals surface area (Å²) in [6, 6.07) is 8.43. The van der Waals surface area contributed by atoms with Crippen LogP contribution >= 0.6 is 27.7 Å². The largest absolute Gasteiger partial charge is 0.330 e. The van der Waals surface area contributed by atoms with Crippen LogP contribution in [0.15, 0.2) is 33.6 Å². The van der Waals surface area contributed by atoms with Crippen LogP contribution in [-0.2, 0) is 0 Å². The van der Waals surface area contributed by atoms with E-state index in [2.05, 4.69) is 40.2 Å². The molecule has 0 saturated heterocycles. The maximum absolute atomic E-state index is 5.63. The van der Waals surface area contributed by atoms with Gasteiger partial charge in [0.15, 0.2) is 0 Å². The van der Waals surface area contributed by atoms with Crippen LogP contribution in [0.4, 0.5) is 0 Å². The zero-order valence-electron chi connectivity index (χ0n) is 8.71. The second-order valence-electron chi connectivity index (χ2n) is 4.26. The molecule has 0 amide bonds. The normalized spacial score (nSPS) is 17.7. The van der Waals surface area contributed by atoms with Crippen LogP contribution in [0, 0.1) is 5.41 Å². The molecule has 0 spiro atoms. The highest BCUT2D eigenvalue weighted by Crippen LogP contribution is 2.52. The van der Waals surface area contributed by atoms with Gasteiger partial charge in [-0.1, -0.05) is 12.1 Å². The second-order valence-corrected chi connectivity index (χ2v) is 6.13. The lowest BCUT2D eigenvalue weighted by atomic mass is 10.1. The number of rotatable bonds is 5. The topological polar surface area (TPSA) is 26.0 Å². The standard InChI is InChI=1S/C12H16BrNS/c13-10-3-1-2-4-11(10)15-9-12(5-6-12)7-8-14/h1-4H,5-9,14H2. The van der Waals surface area contributed by atoms with Gasteiger partial charge in [-0.05, 0) is 59.3 Å². The van der Waals surface area contributed by atoms with Crippen molar-refractivity contribution in [1.29, 1.82) is 0 Å². The molecule has 0 atom stereocenters. The van der Waals surface area contributed by atoms with Crippen LogP contribution in [0.5, 0.6) is 0 Å². The molecule has 0 radical (unpaired) electrons. The fraction of sp³-hybridized carbons (Fsp3) is 0.500. The number of nitrogens with two attached hydrogens (primary N) is 1. The SMILES string of the molecule is NCCC1(CSc2ccccc2Br)CC1. The predicted molar refractivity (Wildman–Crippen MR) is 70.2 cm³/mol. The van der Waals surface area contributed by atoms with Crippen molar-refractivity contribution in [1.82, 2.24) is 0 Å². The Morgan fingerprint density at radius 3 is 2.67 bits per heavy atom. The van der Waals surface area contributed by atoms with Crippen LogP contribution in [0.3, 0.4) is 0 Å². The number of hydrogen-bond acceptors (Lipinski definition) is 2. The lowest BCUT2D eigenvalue weighted by Crippen LogP contribution is -2.11. The highest BCUT2D eigenvalue weighted by molar-refractivity contribution is 9.10. The summed E-state index contributed by atoms with van der Waals surface area (Å²) < 4.78 is 1.21. The van der Waals surface area contributed by atoms with Gasteiger partial charge in [0, 0.05) is 15.1 Å². The Bertz CT molecular complexity index is 336. The Labute approximate surface area is 104 Å². The molecule has 1 aliphatic carbocycles. The Morgan fingerprint density at radius 2 is 2.07 bits per heavy atom. The zero-order chi connectivity index (χ0) is 10.7. The monoisotopic (exact) mass is 285 g/mol. The molecule has 2 N–H and O–H groups in total. The number of halogens is 1. The van der Waals surface area contributed by atoms with Crippen molar-refractivity contribution in [3.63, 3.8) is 0 Å². The van der Waals surface area contributed by atoms with Gasteiger partial charge < -0.3 is 5.73 Å². The number of thioether (sulfide) groups is 1. The molecule has 0 heterocycles. The average molecular weight is 286 g/mol. The first-order valence-electron chi connectivity index (χ1n) is 5.33. The van der Waals surface area contributed by atoms with Gasteiger partial charge in [0.25, 0.3) is 0 Å². The molecule has 82 valence electrons. The molecule has 0 unspecified atom stereocenters. The minimum Gasteiger partial charge on any atom is -0.330 e. The summed E-state index contributed by atoms with van der Waals surface area (Å²) in [4.78, 5) is 1.35. The minimum atomic E-state index is 0.564. The van der Waals surface area contributed by atoms with Crippen molar-refractivity contribution in [2.24, 2.45) is 11.1 Å². The Morgan fingerprint density at radius 1 is 1.33 bits per heavy atom. The Balaban J connectivity index is 1.91. The van der Waals surface area contributed by atoms with Crippen molar-refractivity contribution >= 4 is 27.7 Å². The summed E-state index contributed by atoms with van der Waals surface area (Å²) in [5, 5.41) is 0. The molecule has 15 heavy (non-hydrogen) atoms.